The average Bonchev–Trinajstić information content (AvgIpc) is 2.67. The topological polar surface area (TPSA) is 46.5 Å². The zero-order chi connectivity index (χ0) is 10.6. The van der Waals surface area contributed by atoms with E-state index in [1.807, 2.05) is 0 Å². The van der Waals surface area contributed by atoms with E-state index in [4.69, 9.17) is 5.11 Å². The van der Waals surface area contributed by atoms with Gasteiger partial charge in [0.15, 0.2) is 5.67 Å². The van der Waals surface area contributed by atoms with Crippen LogP contribution in [0.15, 0.2) is 16.8 Å². The van der Waals surface area contributed by atoms with E-state index in [9.17, 15) is 9.18 Å². The van der Waals surface area contributed by atoms with Gasteiger partial charge in [-0.25, -0.2) is 4.39 Å². The van der Waals surface area contributed by atoms with Crippen molar-refractivity contribution in [3.63, 3.8) is 0 Å². The molecule has 1 unspecified atom stereocenters. The smallest absolute Gasteiger partial charge is 0.302 e. The number of aliphatic hydroxyl groups excluding tert-OH is 1. The minimum absolute atomic E-state index is 0.339. The molecule has 5 heteroatoms. The molecule has 0 aliphatic heterocycles. The Labute approximate surface area is 85.1 Å². The van der Waals surface area contributed by atoms with E-state index in [0.29, 0.717) is 5.56 Å². The summed E-state index contributed by atoms with van der Waals surface area (Å²) in [5, 5.41) is 12.2. The zero-order valence-corrected chi connectivity index (χ0v) is 8.51. The molecule has 0 amide bonds. The van der Waals surface area contributed by atoms with Gasteiger partial charge in [0.05, 0.1) is 6.61 Å². The van der Waals surface area contributed by atoms with Gasteiger partial charge in [-0.1, -0.05) is 0 Å². The van der Waals surface area contributed by atoms with E-state index in [2.05, 4.69) is 4.74 Å². The molecule has 1 heterocycles. The lowest BCUT2D eigenvalue weighted by Gasteiger charge is -2.21. The molecule has 0 fully saturated rings. The number of carbonyl (C=O) groups is 1. The summed E-state index contributed by atoms with van der Waals surface area (Å²) in [5.41, 5.74) is -1.64. The fourth-order valence-electron chi connectivity index (χ4n) is 0.956. The van der Waals surface area contributed by atoms with Crippen LogP contribution in [-0.2, 0) is 15.2 Å². The maximum Gasteiger partial charge on any atom is 0.302 e. The minimum atomic E-state index is -1.98. The largest absolute Gasteiger partial charge is 0.462 e. The third kappa shape index (κ3) is 2.52. The summed E-state index contributed by atoms with van der Waals surface area (Å²) in [7, 11) is 0. The number of hydrogen-bond acceptors (Lipinski definition) is 4. The Morgan fingerprint density at radius 1 is 1.79 bits per heavy atom. The standard InChI is InChI=1S/C9H11FO3S/c1-7(12)13-6-9(10,5-11)8-2-3-14-4-8/h2-4,11H,5-6H2,1H3. The molecule has 1 aromatic heterocycles. The third-order valence-electron chi connectivity index (χ3n) is 1.79. The quantitative estimate of drug-likeness (QED) is 0.778. The van der Waals surface area contributed by atoms with Crippen LogP contribution in [0.4, 0.5) is 4.39 Å². The Balaban J connectivity index is 2.71. The monoisotopic (exact) mass is 218 g/mol. The predicted molar refractivity (Wildman–Crippen MR) is 50.8 cm³/mol. The third-order valence-corrected chi connectivity index (χ3v) is 2.48. The molecule has 0 aromatic carbocycles. The van der Waals surface area contributed by atoms with Gasteiger partial charge in [-0.15, -0.1) is 0 Å². The summed E-state index contributed by atoms with van der Waals surface area (Å²) in [6.07, 6.45) is 0. The van der Waals surface area contributed by atoms with Crippen LogP contribution in [0.2, 0.25) is 0 Å². The summed E-state index contributed by atoms with van der Waals surface area (Å²) in [4.78, 5) is 10.5. The second-order valence-corrected chi connectivity index (χ2v) is 3.70. The van der Waals surface area contributed by atoms with Gasteiger partial charge >= 0.3 is 5.97 Å². The Morgan fingerprint density at radius 3 is 2.93 bits per heavy atom. The van der Waals surface area contributed by atoms with E-state index < -0.39 is 24.9 Å². The number of ether oxygens (including phenoxy) is 1. The minimum Gasteiger partial charge on any atom is -0.462 e. The molecule has 3 nitrogen and oxygen atoms in total. The first kappa shape index (κ1) is 11.1. The van der Waals surface area contributed by atoms with Crippen LogP contribution >= 0.6 is 11.3 Å². The van der Waals surface area contributed by atoms with Gasteiger partial charge in [0.25, 0.3) is 0 Å². The number of halogens is 1. The predicted octanol–water partition coefficient (Wildman–Crippen LogP) is 1.47. The lowest BCUT2D eigenvalue weighted by Crippen LogP contribution is -2.31. The summed E-state index contributed by atoms with van der Waals surface area (Å²) in [5.74, 6) is -0.560. The number of esters is 1. The highest BCUT2D eigenvalue weighted by Crippen LogP contribution is 2.27. The fraction of sp³-hybridized carbons (Fsp3) is 0.444. The first-order chi connectivity index (χ1) is 6.58. The molecule has 1 aromatic rings. The van der Waals surface area contributed by atoms with E-state index in [1.165, 1.54) is 18.3 Å². The summed E-state index contributed by atoms with van der Waals surface area (Å²) < 4.78 is 18.5. The highest BCUT2D eigenvalue weighted by Gasteiger charge is 2.33. The van der Waals surface area contributed by atoms with E-state index >= 15 is 0 Å². The first-order valence-corrected chi connectivity index (χ1v) is 4.98. The van der Waals surface area contributed by atoms with Gasteiger partial charge < -0.3 is 9.84 Å². The molecule has 14 heavy (non-hydrogen) atoms. The molecule has 0 bridgehead atoms. The average molecular weight is 218 g/mol. The van der Waals surface area contributed by atoms with Crippen molar-refractivity contribution in [3.8, 4) is 0 Å². The van der Waals surface area contributed by atoms with Crippen molar-refractivity contribution in [3.05, 3.63) is 22.4 Å². The molecule has 0 spiro atoms. The maximum atomic E-state index is 13.9. The first-order valence-electron chi connectivity index (χ1n) is 4.04. The molecule has 0 saturated carbocycles. The lowest BCUT2D eigenvalue weighted by atomic mass is 10.0. The summed E-state index contributed by atoms with van der Waals surface area (Å²) >= 11 is 1.32. The van der Waals surface area contributed by atoms with Gasteiger partial charge in [-0.3, -0.25) is 4.79 Å². The number of aliphatic hydroxyl groups is 1. The highest BCUT2D eigenvalue weighted by molar-refractivity contribution is 7.08. The van der Waals surface area contributed by atoms with Gasteiger partial charge in [0.2, 0.25) is 0 Å². The molecule has 0 aliphatic rings. The highest BCUT2D eigenvalue weighted by atomic mass is 32.1. The fourth-order valence-corrected chi connectivity index (χ4v) is 1.70. The number of alkyl halides is 1. The van der Waals surface area contributed by atoms with Crippen LogP contribution in [-0.4, -0.2) is 24.3 Å². The van der Waals surface area contributed by atoms with Gasteiger partial charge in [-0.2, -0.15) is 11.3 Å². The second kappa shape index (κ2) is 4.52. The number of carbonyl (C=O) groups excluding carboxylic acids is 1. The van der Waals surface area contributed by atoms with Crippen LogP contribution in [0.3, 0.4) is 0 Å². The van der Waals surface area contributed by atoms with E-state index in [1.54, 1.807) is 16.8 Å². The molecule has 0 aliphatic carbocycles. The molecule has 1 N–H and O–H groups in total. The van der Waals surface area contributed by atoms with Crippen LogP contribution in [0.25, 0.3) is 0 Å². The van der Waals surface area contributed by atoms with Crippen LogP contribution in [0.5, 0.6) is 0 Å². The van der Waals surface area contributed by atoms with Crippen molar-refractivity contribution in [2.45, 2.75) is 12.6 Å². The van der Waals surface area contributed by atoms with Crippen molar-refractivity contribution >= 4 is 17.3 Å². The van der Waals surface area contributed by atoms with Crippen LogP contribution in [0.1, 0.15) is 12.5 Å². The summed E-state index contributed by atoms with van der Waals surface area (Å²) in [6, 6.07) is 1.56. The van der Waals surface area contributed by atoms with Crippen molar-refractivity contribution < 1.29 is 19.0 Å². The number of hydrogen-bond donors (Lipinski definition) is 1. The molecular weight excluding hydrogens is 207 g/mol. The van der Waals surface area contributed by atoms with Crippen molar-refractivity contribution in [1.82, 2.24) is 0 Å². The van der Waals surface area contributed by atoms with Gasteiger partial charge in [-0.05, 0) is 16.8 Å². The molecule has 1 rings (SSSR count). The number of rotatable bonds is 4. The zero-order valence-electron chi connectivity index (χ0n) is 7.70. The van der Waals surface area contributed by atoms with Crippen LogP contribution in [0, 0.1) is 0 Å². The van der Waals surface area contributed by atoms with E-state index in [0.717, 1.165) is 0 Å². The Kier molecular flexibility index (Phi) is 3.60. The Bertz CT molecular complexity index is 299. The SMILES string of the molecule is CC(=O)OCC(F)(CO)c1ccsc1. The second-order valence-electron chi connectivity index (χ2n) is 2.92. The van der Waals surface area contributed by atoms with Crippen molar-refractivity contribution in [2.75, 3.05) is 13.2 Å². The van der Waals surface area contributed by atoms with Crippen LogP contribution < -0.4 is 0 Å². The van der Waals surface area contributed by atoms with Gasteiger partial charge in [0, 0.05) is 12.5 Å². The molecule has 0 saturated heterocycles. The summed E-state index contributed by atoms with van der Waals surface area (Å²) in [6.45, 7) is 0.0536. The molecule has 1 atom stereocenters. The van der Waals surface area contributed by atoms with E-state index in [-0.39, 0.29) is 0 Å². The molecule has 78 valence electrons. The maximum absolute atomic E-state index is 13.9. The normalized spacial score (nSPS) is 14.8. The van der Waals surface area contributed by atoms with Crippen molar-refractivity contribution in [2.24, 2.45) is 0 Å². The molecule has 0 radical (unpaired) electrons. The van der Waals surface area contributed by atoms with Crippen molar-refractivity contribution in [1.29, 1.82) is 0 Å². The Morgan fingerprint density at radius 2 is 2.50 bits per heavy atom. The molecular formula is C9H11FO3S. The number of thiophene rings is 1. The lowest BCUT2D eigenvalue weighted by molar-refractivity contribution is -0.147. The Hall–Kier alpha value is -0.940. The van der Waals surface area contributed by atoms with Gasteiger partial charge in [0.1, 0.15) is 6.61 Å².